The Labute approximate surface area is 241 Å². The van der Waals surface area contributed by atoms with Crippen LogP contribution in [0.4, 0.5) is 0 Å². The Bertz CT molecular complexity index is 1140. The summed E-state index contributed by atoms with van der Waals surface area (Å²) in [6, 6.07) is 3.41. The van der Waals surface area contributed by atoms with E-state index in [0.717, 1.165) is 11.6 Å². The molecule has 10 atom stereocenters. The molecule has 0 spiro atoms. The minimum atomic E-state index is -2.34. The molecule has 0 bridgehead atoms. The van der Waals surface area contributed by atoms with E-state index in [1.165, 1.54) is 13.2 Å². The van der Waals surface area contributed by atoms with Gasteiger partial charge in [0, 0.05) is 24.1 Å². The highest BCUT2D eigenvalue weighted by Crippen LogP contribution is 2.39. The third-order valence-corrected chi connectivity index (χ3v) is 7.55. The number of hydrogen-bond acceptors (Lipinski definition) is 15. The molecule has 0 aromatic heterocycles. The van der Waals surface area contributed by atoms with Crippen LogP contribution in [-0.2, 0) is 30.2 Å². The zero-order valence-electron chi connectivity index (χ0n) is 23.3. The molecule has 0 amide bonds. The monoisotopic (exact) mass is 602 g/mol. The van der Waals surface area contributed by atoms with Crippen molar-refractivity contribution in [1.82, 2.24) is 0 Å². The molecular formula is C27H38O15. The number of carbonyl (C=O) groups is 1. The van der Waals surface area contributed by atoms with Gasteiger partial charge in [0.2, 0.25) is 5.79 Å². The van der Waals surface area contributed by atoms with E-state index in [1.54, 1.807) is 26.0 Å². The van der Waals surface area contributed by atoms with Gasteiger partial charge in [0.1, 0.15) is 73.5 Å². The van der Waals surface area contributed by atoms with Gasteiger partial charge in [0.25, 0.3) is 0 Å². The van der Waals surface area contributed by atoms with Gasteiger partial charge in [-0.2, -0.15) is 0 Å². The normalized spacial score (nSPS) is 36.6. The second kappa shape index (κ2) is 12.7. The number of aliphatic hydroxyl groups is 8. The molecule has 42 heavy (non-hydrogen) atoms. The lowest BCUT2D eigenvalue weighted by Gasteiger charge is -2.43. The SMILES string of the molecule is COc1cc2c(cc1/C=C/C(=O)OC[C@H]1O[C@H](O[C@]3(CO)O[C@H](CO)[C@@H](O)[C@@H]3O)[C@H](O)[C@@H](O)[C@@H]1O)CC(C(C)(C)O)O2. The number of carbonyl (C=O) groups excluding carboxylic acids is 1. The Hall–Kier alpha value is -2.41. The molecule has 3 aliphatic rings. The van der Waals surface area contributed by atoms with Crippen molar-refractivity contribution in [3.05, 3.63) is 29.3 Å². The minimum Gasteiger partial charge on any atom is -0.496 e. The number of fused-ring (bicyclic) bond motifs is 1. The standard InChI is InChI=1S/C27H38O15/c1-26(2,36)18-7-13-6-12(14(37-3)8-15(13)39-18)4-5-19(30)38-10-17-20(31)22(33)23(34)25(40-17)42-27(11-29)24(35)21(32)16(9-28)41-27/h4-6,8,16-18,20-25,28-29,31-36H,7,9-11H2,1-3H3/b5-4+/t16-,17-,18?,20-,21-,22+,23-,24+,25-,27+/m1/s1. The average Bonchev–Trinajstić information content (AvgIpc) is 3.49. The lowest BCUT2D eigenvalue weighted by Crippen LogP contribution is -2.62. The second-order valence-corrected chi connectivity index (χ2v) is 11.0. The van der Waals surface area contributed by atoms with Crippen molar-refractivity contribution in [3.63, 3.8) is 0 Å². The summed E-state index contributed by atoms with van der Waals surface area (Å²) in [7, 11) is 1.45. The first-order valence-corrected chi connectivity index (χ1v) is 13.3. The fourth-order valence-corrected chi connectivity index (χ4v) is 4.98. The van der Waals surface area contributed by atoms with Gasteiger partial charge < -0.3 is 69.3 Å². The molecule has 3 aliphatic heterocycles. The summed E-state index contributed by atoms with van der Waals surface area (Å²) in [6.45, 7) is 0.928. The molecule has 15 nitrogen and oxygen atoms in total. The van der Waals surface area contributed by atoms with E-state index in [2.05, 4.69) is 0 Å². The van der Waals surface area contributed by atoms with Gasteiger partial charge in [-0.1, -0.05) is 0 Å². The maximum atomic E-state index is 12.5. The van der Waals surface area contributed by atoms with Gasteiger partial charge >= 0.3 is 5.97 Å². The van der Waals surface area contributed by atoms with Gasteiger partial charge in [-0.25, -0.2) is 4.79 Å². The van der Waals surface area contributed by atoms with E-state index in [0.29, 0.717) is 23.5 Å². The van der Waals surface area contributed by atoms with Gasteiger partial charge in [0.05, 0.1) is 19.3 Å². The lowest BCUT2D eigenvalue weighted by atomic mass is 9.96. The molecule has 1 aromatic carbocycles. The van der Waals surface area contributed by atoms with E-state index in [1.807, 2.05) is 0 Å². The van der Waals surface area contributed by atoms with Crippen LogP contribution in [0.1, 0.15) is 25.0 Å². The van der Waals surface area contributed by atoms with Crippen molar-refractivity contribution >= 4 is 12.0 Å². The zero-order valence-corrected chi connectivity index (χ0v) is 23.3. The minimum absolute atomic E-state index is 0.403. The highest BCUT2D eigenvalue weighted by molar-refractivity contribution is 5.87. The molecule has 1 aromatic rings. The predicted octanol–water partition coefficient (Wildman–Crippen LogP) is -3.05. The molecule has 0 saturated carbocycles. The van der Waals surface area contributed by atoms with Crippen molar-refractivity contribution in [2.24, 2.45) is 0 Å². The molecule has 3 heterocycles. The highest BCUT2D eigenvalue weighted by atomic mass is 16.8. The Morgan fingerprint density at radius 2 is 1.79 bits per heavy atom. The number of benzene rings is 1. The van der Waals surface area contributed by atoms with Gasteiger partial charge in [-0.15, -0.1) is 0 Å². The number of ether oxygens (including phenoxy) is 6. The van der Waals surface area contributed by atoms with Crippen LogP contribution in [0.3, 0.4) is 0 Å². The Kier molecular flexibility index (Phi) is 9.81. The maximum absolute atomic E-state index is 12.5. The Balaban J connectivity index is 1.40. The van der Waals surface area contributed by atoms with E-state index < -0.39 is 92.3 Å². The molecule has 2 fully saturated rings. The fraction of sp³-hybridized carbons (Fsp3) is 0.667. The number of methoxy groups -OCH3 is 1. The summed E-state index contributed by atoms with van der Waals surface area (Å²) < 4.78 is 32.6. The summed E-state index contributed by atoms with van der Waals surface area (Å²) in [5.41, 5.74) is 0.266. The van der Waals surface area contributed by atoms with Crippen molar-refractivity contribution in [2.45, 2.75) is 86.8 Å². The average molecular weight is 603 g/mol. The van der Waals surface area contributed by atoms with Crippen LogP contribution in [-0.4, -0.2) is 140 Å². The summed E-state index contributed by atoms with van der Waals surface area (Å²) in [5, 5.41) is 81.0. The van der Waals surface area contributed by atoms with Gasteiger partial charge in [0.15, 0.2) is 6.29 Å². The molecule has 2 saturated heterocycles. The molecule has 0 radical (unpaired) electrons. The largest absolute Gasteiger partial charge is 0.496 e. The molecule has 1 unspecified atom stereocenters. The lowest BCUT2D eigenvalue weighted by molar-refractivity contribution is -0.383. The third-order valence-electron chi connectivity index (χ3n) is 7.55. The van der Waals surface area contributed by atoms with Crippen LogP contribution >= 0.6 is 0 Å². The van der Waals surface area contributed by atoms with Crippen LogP contribution in [0.15, 0.2) is 18.2 Å². The van der Waals surface area contributed by atoms with E-state index in [-0.39, 0.29) is 0 Å². The molecule has 0 aliphatic carbocycles. The fourth-order valence-electron chi connectivity index (χ4n) is 4.98. The third kappa shape index (κ3) is 6.41. The van der Waals surface area contributed by atoms with E-state index >= 15 is 0 Å². The molecular weight excluding hydrogens is 564 g/mol. The summed E-state index contributed by atoms with van der Waals surface area (Å²) in [6.07, 6.45) is -11.1. The first kappa shape index (κ1) is 32.5. The van der Waals surface area contributed by atoms with Crippen molar-refractivity contribution < 1.29 is 74.1 Å². The molecule has 8 N–H and O–H groups in total. The number of esters is 1. The number of aliphatic hydroxyl groups excluding tert-OH is 7. The summed E-state index contributed by atoms with van der Waals surface area (Å²) in [4.78, 5) is 12.5. The van der Waals surface area contributed by atoms with Crippen LogP contribution in [0.5, 0.6) is 11.5 Å². The molecule has 236 valence electrons. The van der Waals surface area contributed by atoms with E-state index in [9.17, 15) is 45.6 Å². The topological polar surface area (TPSA) is 234 Å². The number of rotatable bonds is 10. The van der Waals surface area contributed by atoms with Crippen molar-refractivity contribution in [2.75, 3.05) is 26.9 Å². The van der Waals surface area contributed by atoms with Crippen LogP contribution in [0.2, 0.25) is 0 Å². The summed E-state index contributed by atoms with van der Waals surface area (Å²) >= 11 is 0. The Morgan fingerprint density at radius 1 is 1.07 bits per heavy atom. The van der Waals surface area contributed by atoms with Crippen LogP contribution in [0.25, 0.3) is 6.08 Å². The predicted molar refractivity (Wildman–Crippen MR) is 139 cm³/mol. The van der Waals surface area contributed by atoms with Crippen molar-refractivity contribution in [3.8, 4) is 11.5 Å². The Morgan fingerprint density at radius 3 is 2.38 bits per heavy atom. The van der Waals surface area contributed by atoms with Gasteiger partial charge in [-0.05, 0) is 31.6 Å². The smallest absolute Gasteiger partial charge is 0.330 e. The second-order valence-electron chi connectivity index (χ2n) is 11.0. The highest BCUT2D eigenvalue weighted by Gasteiger charge is 2.58. The van der Waals surface area contributed by atoms with Gasteiger partial charge in [-0.3, -0.25) is 0 Å². The molecule has 15 heteroatoms. The zero-order chi connectivity index (χ0) is 31.0. The number of hydrogen-bond donors (Lipinski definition) is 8. The quantitative estimate of drug-likeness (QED) is 0.0981. The van der Waals surface area contributed by atoms with Crippen LogP contribution < -0.4 is 9.47 Å². The molecule has 4 rings (SSSR count). The van der Waals surface area contributed by atoms with Crippen molar-refractivity contribution in [1.29, 1.82) is 0 Å². The van der Waals surface area contributed by atoms with Crippen LogP contribution in [0, 0.1) is 0 Å². The first-order valence-electron chi connectivity index (χ1n) is 13.3. The van der Waals surface area contributed by atoms with E-state index in [4.69, 9.17) is 28.4 Å². The summed E-state index contributed by atoms with van der Waals surface area (Å²) in [5.74, 6) is -2.23. The maximum Gasteiger partial charge on any atom is 0.330 e. The first-order chi connectivity index (χ1) is 19.7.